The van der Waals surface area contributed by atoms with Gasteiger partial charge in [-0.3, -0.25) is 4.79 Å². The Balaban J connectivity index is 0. The van der Waals surface area contributed by atoms with Crippen LogP contribution in [0, 0.1) is 0 Å². The molecule has 1 atom stereocenters. The third-order valence-corrected chi connectivity index (χ3v) is 3.45. The molecule has 1 aliphatic heterocycles. The molecule has 110 valence electrons. The zero-order valence-electron chi connectivity index (χ0n) is 12.6. The highest BCUT2D eigenvalue weighted by atomic mass is 16.1. The number of nitrogens with zero attached hydrogens (tertiary/aromatic N) is 1. The summed E-state index contributed by atoms with van der Waals surface area (Å²) in [6.07, 6.45) is 7.82. The molecule has 0 bridgehead atoms. The van der Waals surface area contributed by atoms with E-state index in [0.29, 0.717) is 6.42 Å². The zero-order chi connectivity index (χ0) is 13.8. The van der Waals surface area contributed by atoms with Gasteiger partial charge in [-0.2, -0.15) is 0 Å². The number of piperidine rings is 1. The van der Waals surface area contributed by atoms with Gasteiger partial charge in [-0.25, -0.2) is 0 Å². The zero-order valence-corrected chi connectivity index (χ0v) is 12.6. The smallest absolute Gasteiger partial charge is 0.149 e. The highest BCUT2D eigenvalue weighted by molar-refractivity contribution is 5.83. The van der Waals surface area contributed by atoms with Gasteiger partial charge in [0.15, 0.2) is 0 Å². The molecule has 18 heavy (non-hydrogen) atoms. The lowest BCUT2D eigenvalue weighted by molar-refractivity contribution is -0.120. The van der Waals surface area contributed by atoms with E-state index in [4.69, 9.17) is 5.73 Å². The normalized spacial score (nSPS) is 17.8. The number of Topliss-reactive ketones (excluding diaryl/α,β-unsaturated/α-hetero) is 1. The van der Waals surface area contributed by atoms with Crippen LogP contribution in [-0.4, -0.2) is 36.4 Å². The standard InChI is InChI=1S/C13H26N2O.C2H6.H2/c1-2-13(16)12(14)8-4-7-11-15-9-5-3-6-10-15;1-2;/h12H,2-11,14H2,1H3;1-2H3;1H/t12-;;/m0../s1. The summed E-state index contributed by atoms with van der Waals surface area (Å²) in [7, 11) is 0. The molecule has 0 aliphatic carbocycles. The predicted molar refractivity (Wildman–Crippen MR) is 80.9 cm³/mol. The van der Waals surface area contributed by atoms with Crippen LogP contribution in [0.3, 0.4) is 0 Å². The maximum absolute atomic E-state index is 11.3. The minimum Gasteiger partial charge on any atom is -0.322 e. The van der Waals surface area contributed by atoms with Crippen LogP contribution in [0.4, 0.5) is 0 Å². The van der Waals surface area contributed by atoms with Gasteiger partial charge in [0.25, 0.3) is 0 Å². The average Bonchev–Trinajstić information content (AvgIpc) is 2.45. The van der Waals surface area contributed by atoms with Crippen LogP contribution >= 0.6 is 0 Å². The van der Waals surface area contributed by atoms with E-state index < -0.39 is 0 Å². The van der Waals surface area contributed by atoms with E-state index in [1.807, 2.05) is 20.8 Å². The SMILES string of the molecule is CC.CCC(=O)[C@@H](N)CCCCN1CCCCC1.[HH]. The van der Waals surface area contributed by atoms with E-state index in [-0.39, 0.29) is 13.3 Å². The first-order valence-corrected chi connectivity index (χ1v) is 7.74. The van der Waals surface area contributed by atoms with Crippen LogP contribution in [0.15, 0.2) is 0 Å². The molecule has 0 aromatic carbocycles. The number of likely N-dealkylation sites (tertiary alicyclic amines) is 1. The molecule has 1 rings (SSSR count). The number of ketones is 1. The highest BCUT2D eigenvalue weighted by Gasteiger charge is 2.12. The Hall–Kier alpha value is -0.410. The fourth-order valence-electron chi connectivity index (χ4n) is 2.31. The van der Waals surface area contributed by atoms with E-state index in [2.05, 4.69) is 4.90 Å². The molecular formula is C15H34N2O. The third kappa shape index (κ3) is 7.83. The van der Waals surface area contributed by atoms with Gasteiger partial charge in [0.05, 0.1) is 6.04 Å². The van der Waals surface area contributed by atoms with Crippen LogP contribution < -0.4 is 5.73 Å². The van der Waals surface area contributed by atoms with Crippen molar-refractivity contribution in [3.05, 3.63) is 0 Å². The maximum Gasteiger partial charge on any atom is 0.149 e. The van der Waals surface area contributed by atoms with Gasteiger partial charge in [0.2, 0.25) is 0 Å². The van der Waals surface area contributed by atoms with Gasteiger partial charge < -0.3 is 10.6 Å². The number of hydrogen-bond acceptors (Lipinski definition) is 3. The Morgan fingerprint density at radius 1 is 1.22 bits per heavy atom. The topological polar surface area (TPSA) is 46.3 Å². The minimum atomic E-state index is -0.216. The van der Waals surface area contributed by atoms with Crippen molar-refractivity contribution in [1.82, 2.24) is 4.90 Å². The monoisotopic (exact) mass is 258 g/mol. The van der Waals surface area contributed by atoms with Crippen molar-refractivity contribution >= 4 is 5.78 Å². The maximum atomic E-state index is 11.3. The first-order chi connectivity index (χ1) is 8.74. The van der Waals surface area contributed by atoms with Crippen LogP contribution in [-0.2, 0) is 4.79 Å². The Bertz CT molecular complexity index is 206. The molecule has 0 saturated carbocycles. The van der Waals surface area contributed by atoms with Crippen molar-refractivity contribution in [3.63, 3.8) is 0 Å². The third-order valence-electron chi connectivity index (χ3n) is 3.45. The minimum absolute atomic E-state index is 0. The summed E-state index contributed by atoms with van der Waals surface area (Å²) >= 11 is 0. The van der Waals surface area contributed by atoms with Gasteiger partial charge in [-0.15, -0.1) is 0 Å². The Kier molecular flexibility index (Phi) is 11.4. The number of carbonyl (C=O) groups is 1. The average molecular weight is 258 g/mol. The van der Waals surface area contributed by atoms with Crippen molar-refractivity contribution in [2.75, 3.05) is 19.6 Å². The molecule has 0 spiro atoms. The summed E-state index contributed by atoms with van der Waals surface area (Å²) in [6.45, 7) is 9.60. The Labute approximate surface area is 115 Å². The molecule has 0 amide bonds. The second kappa shape index (κ2) is 11.7. The Morgan fingerprint density at radius 2 is 1.83 bits per heavy atom. The summed E-state index contributed by atoms with van der Waals surface area (Å²) in [5.74, 6) is 0.206. The molecule has 0 radical (unpaired) electrons. The van der Waals surface area contributed by atoms with Gasteiger partial charge in [-0.05, 0) is 45.3 Å². The first kappa shape index (κ1) is 17.6. The number of carbonyl (C=O) groups excluding carboxylic acids is 1. The van der Waals surface area contributed by atoms with E-state index >= 15 is 0 Å². The molecule has 0 aromatic rings. The van der Waals surface area contributed by atoms with Crippen LogP contribution in [0.2, 0.25) is 0 Å². The second-order valence-electron chi connectivity index (χ2n) is 4.82. The molecule has 3 nitrogen and oxygen atoms in total. The van der Waals surface area contributed by atoms with Crippen molar-refractivity contribution in [2.45, 2.75) is 71.8 Å². The molecule has 1 fully saturated rings. The van der Waals surface area contributed by atoms with Gasteiger partial charge in [0, 0.05) is 7.85 Å². The van der Waals surface area contributed by atoms with E-state index in [1.165, 1.54) is 45.3 Å². The molecule has 1 heterocycles. The van der Waals surface area contributed by atoms with Crippen LogP contribution in [0.5, 0.6) is 0 Å². The fourth-order valence-corrected chi connectivity index (χ4v) is 2.31. The lowest BCUT2D eigenvalue weighted by Gasteiger charge is -2.26. The molecule has 2 N–H and O–H groups in total. The lowest BCUT2D eigenvalue weighted by Crippen LogP contribution is -2.32. The van der Waals surface area contributed by atoms with Gasteiger partial charge >= 0.3 is 0 Å². The Morgan fingerprint density at radius 3 is 2.39 bits per heavy atom. The summed E-state index contributed by atoms with van der Waals surface area (Å²) < 4.78 is 0. The second-order valence-corrected chi connectivity index (χ2v) is 4.82. The predicted octanol–water partition coefficient (Wildman–Crippen LogP) is 3.22. The van der Waals surface area contributed by atoms with Crippen LogP contribution in [0.25, 0.3) is 0 Å². The lowest BCUT2D eigenvalue weighted by atomic mass is 10.0. The molecule has 1 saturated heterocycles. The summed E-state index contributed by atoms with van der Waals surface area (Å²) in [5, 5.41) is 0. The van der Waals surface area contributed by atoms with Crippen molar-refractivity contribution < 1.29 is 6.22 Å². The molecule has 0 aromatic heterocycles. The molecule has 1 aliphatic rings. The van der Waals surface area contributed by atoms with Crippen molar-refractivity contribution in [2.24, 2.45) is 5.73 Å². The fraction of sp³-hybridized carbons (Fsp3) is 0.933. The highest BCUT2D eigenvalue weighted by Crippen LogP contribution is 2.10. The van der Waals surface area contributed by atoms with Crippen LogP contribution in [0.1, 0.15) is 67.1 Å². The number of hydrogen-bond donors (Lipinski definition) is 1. The number of nitrogens with two attached hydrogens (primary N) is 1. The summed E-state index contributed by atoms with van der Waals surface area (Å²) in [5.41, 5.74) is 5.78. The van der Waals surface area contributed by atoms with Crippen molar-refractivity contribution in [1.29, 1.82) is 0 Å². The molecule has 0 unspecified atom stereocenters. The number of unbranched alkanes of at least 4 members (excludes halogenated alkanes) is 1. The van der Waals surface area contributed by atoms with Gasteiger partial charge in [-0.1, -0.05) is 33.6 Å². The van der Waals surface area contributed by atoms with Gasteiger partial charge in [0.1, 0.15) is 5.78 Å². The molecular weight excluding hydrogens is 224 g/mol. The number of rotatable bonds is 7. The quantitative estimate of drug-likeness (QED) is 0.713. The van der Waals surface area contributed by atoms with Crippen molar-refractivity contribution in [3.8, 4) is 0 Å². The van der Waals surface area contributed by atoms with E-state index in [9.17, 15) is 4.79 Å². The van der Waals surface area contributed by atoms with E-state index in [1.54, 1.807) is 0 Å². The largest absolute Gasteiger partial charge is 0.322 e. The summed E-state index contributed by atoms with van der Waals surface area (Å²) in [6, 6.07) is -0.216. The molecule has 3 heteroatoms. The van der Waals surface area contributed by atoms with E-state index in [0.717, 1.165) is 12.8 Å². The summed E-state index contributed by atoms with van der Waals surface area (Å²) in [4.78, 5) is 13.8. The first-order valence-electron chi connectivity index (χ1n) is 7.74.